The van der Waals surface area contributed by atoms with E-state index < -0.39 is 72.7 Å². The van der Waals surface area contributed by atoms with Crippen LogP contribution in [0.1, 0.15) is 51.9 Å². The fourth-order valence-corrected chi connectivity index (χ4v) is 1.98. The molecule has 0 aromatic rings. The maximum Gasteiger partial charge on any atom is 0.336 e. The summed E-state index contributed by atoms with van der Waals surface area (Å²) in [5.41, 5.74) is -5.48. The Bertz CT molecular complexity index is 614. The quantitative estimate of drug-likeness (QED) is 0.115. The van der Waals surface area contributed by atoms with Gasteiger partial charge in [0, 0.05) is 6.61 Å². The van der Waals surface area contributed by atoms with Crippen molar-refractivity contribution < 1.29 is 79.8 Å². The van der Waals surface area contributed by atoms with E-state index in [1.165, 1.54) is 0 Å². The number of hydrogen-bond acceptors (Lipinski definition) is 10. The molecule has 34 heavy (non-hydrogen) atoms. The molecule has 1 unspecified atom stereocenters. The van der Waals surface area contributed by atoms with Crippen LogP contribution in [0.3, 0.4) is 0 Å². The molecule has 0 rings (SSSR count). The fourth-order valence-electron chi connectivity index (χ4n) is 1.98. The highest BCUT2D eigenvalue weighted by atomic mass is 16.4. The third-order valence-corrected chi connectivity index (χ3v) is 3.60. The molecule has 0 spiro atoms. The molecule has 1 atom stereocenters. The normalized spacial score (nSPS) is 11.6. The smallest absolute Gasteiger partial charge is 0.336 e. The van der Waals surface area contributed by atoms with E-state index in [9.17, 15) is 28.8 Å². The van der Waals surface area contributed by atoms with Crippen molar-refractivity contribution in [2.24, 2.45) is 0 Å². The highest BCUT2D eigenvalue weighted by Crippen LogP contribution is 2.16. The first-order valence-electron chi connectivity index (χ1n) is 9.40. The molecule has 198 valence electrons. The molecular weight excluding hydrogens is 472 g/mol. The number of hydrogen-bond donors (Lipinski definition) is 10. The monoisotopic (exact) mass is 502 g/mol. The van der Waals surface area contributed by atoms with Crippen molar-refractivity contribution in [3.05, 3.63) is 0 Å². The number of aliphatic hydroxyl groups is 4. The summed E-state index contributed by atoms with van der Waals surface area (Å²) in [6, 6.07) is 0. The van der Waals surface area contributed by atoms with Crippen LogP contribution >= 0.6 is 0 Å². The summed E-state index contributed by atoms with van der Waals surface area (Å²) < 4.78 is 0. The molecule has 0 aromatic heterocycles. The second kappa shape index (κ2) is 17.2. The Morgan fingerprint density at radius 1 is 0.618 bits per heavy atom. The lowest BCUT2D eigenvalue weighted by Crippen LogP contribution is -2.42. The Labute approximate surface area is 192 Å². The standard InChI is InChI=1S/2C6H8O7.C6H14O2/c2*7-3(8)1-6(13,5(11)12)2-4(9)10;1-6(8)4-2-3-5-7/h2*13H,1-2H2,(H,7,8)(H,9,10)(H,11,12);6-8H,2-5H2,1H3. The van der Waals surface area contributed by atoms with Crippen LogP contribution in [0.2, 0.25) is 0 Å². The van der Waals surface area contributed by atoms with Crippen LogP contribution < -0.4 is 0 Å². The summed E-state index contributed by atoms with van der Waals surface area (Å²) in [6.07, 6.45) is -2.24. The first-order chi connectivity index (χ1) is 15.3. The molecule has 0 aliphatic heterocycles. The molecule has 16 heteroatoms. The lowest BCUT2D eigenvalue weighted by Gasteiger charge is -2.18. The van der Waals surface area contributed by atoms with Gasteiger partial charge in [-0.15, -0.1) is 0 Å². The summed E-state index contributed by atoms with van der Waals surface area (Å²) in [6.45, 7) is 2.00. The van der Waals surface area contributed by atoms with Crippen LogP contribution in [-0.4, -0.2) is 111 Å². The van der Waals surface area contributed by atoms with Gasteiger partial charge in [-0.3, -0.25) is 19.2 Å². The maximum atomic E-state index is 10.3. The molecule has 10 N–H and O–H groups in total. The Morgan fingerprint density at radius 3 is 1.03 bits per heavy atom. The molecule has 0 aromatic carbocycles. The molecular formula is C18H30O16. The van der Waals surface area contributed by atoms with Crippen molar-refractivity contribution in [3.63, 3.8) is 0 Å². The van der Waals surface area contributed by atoms with Crippen molar-refractivity contribution >= 4 is 35.8 Å². The lowest BCUT2D eigenvalue weighted by atomic mass is 9.96. The maximum absolute atomic E-state index is 10.3. The van der Waals surface area contributed by atoms with E-state index in [2.05, 4.69) is 0 Å². The summed E-state index contributed by atoms with van der Waals surface area (Å²) in [5, 5.41) is 84.6. The second-order valence-corrected chi connectivity index (χ2v) is 7.02. The predicted molar refractivity (Wildman–Crippen MR) is 107 cm³/mol. The molecule has 0 aliphatic carbocycles. The Morgan fingerprint density at radius 2 is 0.882 bits per heavy atom. The summed E-state index contributed by atoms with van der Waals surface area (Å²) in [5.74, 6) is -10.0. The van der Waals surface area contributed by atoms with Gasteiger partial charge in [-0.1, -0.05) is 0 Å². The van der Waals surface area contributed by atoms with Crippen LogP contribution in [0.15, 0.2) is 0 Å². The Kier molecular flexibility index (Phi) is 17.8. The van der Waals surface area contributed by atoms with Crippen LogP contribution in [0.25, 0.3) is 0 Å². The summed E-state index contributed by atoms with van der Waals surface area (Å²) in [7, 11) is 0. The van der Waals surface area contributed by atoms with Crippen molar-refractivity contribution in [1.29, 1.82) is 0 Å². The van der Waals surface area contributed by atoms with Crippen LogP contribution in [0.4, 0.5) is 0 Å². The zero-order valence-corrected chi connectivity index (χ0v) is 18.2. The van der Waals surface area contributed by atoms with Gasteiger partial charge in [0.1, 0.15) is 0 Å². The van der Waals surface area contributed by atoms with Crippen molar-refractivity contribution in [1.82, 2.24) is 0 Å². The topological polar surface area (TPSA) is 305 Å². The molecule has 0 saturated carbocycles. The van der Waals surface area contributed by atoms with Crippen LogP contribution in [0.5, 0.6) is 0 Å². The lowest BCUT2D eigenvalue weighted by molar-refractivity contribution is -0.170. The number of unbranched alkanes of at least 4 members (excludes halogenated alkanes) is 1. The molecule has 0 fully saturated rings. The zero-order chi connectivity index (χ0) is 27.7. The van der Waals surface area contributed by atoms with E-state index in [-0.39, 0.29) is 12.7 Å². The van der Waals surface area contributed by atoms with E-state index in [0.717, 1.165) is 19.3 Å². The number of carboxylic acids is 6. The van der Waals surface area contributed by atoms with E-state index in [4.69, 9.17) is 51.1 Å². The van der Waals surface area contributed by atoms with Gasteiger partial charge in [0.25, 0.3) is 0 Å². The van der Waals surface area contributed by atoms with E-state index >= 15 is 0 Å². The number of aliphatic carboxylic acids is 6. The number of aliphatic hydroxyl groups excluding tert-OH is 2. The average molecular weight is 502 g/mol. The molecule has 0 bridgehead atoms. The van der Waals surface area contributed by atoms with Crippen LogP contribution in [0, 0.1) is 0 Å². The molecule has 0 saturated heterocycles. The van der Waals surface area contributed by atoms with E-state index in [0.29, 0.717) is 0 Å². The predicted octanol–water partition coefficient (Wildman–Crippen LogP) is -1.97. The molecule has 0 heterocycles. The van der Waals surface area contributed by atoms with Gasteiger partial charge < -0.3 is 51.1 Å². The first kappa shape index (κ1) is 35.3. The van der Waals surface area contributed by atoms with Gasteiger partial charge in [0.05, 0.1) is 31.8 Å². The number of rotatable bonds is 14. The minimum absolute atomic E-state index is 0.207. The molecule has 16 nitrogen and oxygen atoms in total. The molecule has 0 radical (unpaired) electrons. The van der Waals surface area contributed by atoms with Gasteiger partial charge in [-0.2, -0.15) is 0 Å². The minimum atomic E-state index is -2.74. The van der Waals surface area contributed by atoms with Crippen molar-refractivity contribution in [3.8, 4) is 0 Å². The highest BCUT2D eigenvalue weighted by molar-refractivity contribution is 5.88. The van der Waals surface area contributed by atoms with Gasteiger partial charge in [-0.25, -0.2) is 9.59 Å². The molecule has 0 amide bonds. The van der Waals surface area contributed by atoms with Crippen molar-refractivity contribution in [2.75, 3.05) is 6.61 Å². The van der Waals surface area contributed by atoms with E-state index in [1.54, 1.807) is 6.92 Å². The summed E-state index contributed by atoms with van der Waals surface area (Å²) >= 11 is 0. The zero-order valence-electron chi connectivity index (χ0n) is 18.2. The third kappa shape index (κ3) is 19.4. The fraction of sp³-hybridized carbons (Fsp3) is 0.667. The molecule has 0 aliphatic rings. The number of carboxylic acid groups (broad SMARTS) is 6. The highest BCUT2D eigenvalue weighted by Gasteiger charge is 2.41. The van der Waals surface area contributed by atoms with Gasteiger partial charge in [0.15, 0.2) is 11.2 Å². The summed E-state index contributed by atoms with van der Waals surface area (Å²) in [4.78, 5) is 61.0. The largest absolute Gasteiger partial charge is 0.481 e. The van der Waals surface area contributed by atoms with Crippen LogP contribution in [-0.2, 0) is 28.8 Å². The SMILES string of the molecule is CC(O)CCCCO.O=C(O)CC(O)(CC(=O)O)C(=O)O.O=C(O)CC(O)(CC(=O)O)C(=O)O. The van der Waals surface area contributed by atoms with Gasteiger partial charge in [0.2, 0.25) is 0 Å². The Balaban J connectivity index is -0.000000438. The second-order valence-electron chi connectivity index (χ2n) is 7.02. The van der Waals surface area contributed by atoms with Gasteiger partial charge >= 0.3 is 35.8 Å². The first-order valence-corrected chi connectivity index (χ1v) is 9.40. The average Bonchev–Trinajstić information content (AvgIpc) is 2.59. The third-order valence-electron chi connectivity index (χ3n) is 3.60. The van der Waals surface area contributed by atoms with Crippen molar-refractivity contribution in [2.45, 2.75) is 69.2 Å². The Hall–Kier alpha value is -3.34. The number of carbonyl (C=O) groups is 6. The van der Waals surface area contributed by atoms with E-state index in [1.807, 2.05) is 0 Å². The van der Waals surface area contributed by atoms with Gasteiger partial charge in [-0.05, 0) is 26.2 Å². The minimum Gasteiger partial charge on any atom is -0.481 e.